The Morgan fingerprint density at radius 3 is 2.35 bits per heavy atom. The first-order chi connectivity index (χ1) is 14.8. The molecule has 1 heterocycles. The van der Waals surface area contributed by atoms with Gasteiger partial charge in [-0.1, -0.05) is 27.7 Å². The number of nitrogens with one attached hydrogen (secondary N) is 1. The summed E-state index contributed by atoms with van der Waals surface area (Å²) in [5.74, 6) is 0.867. The Balaban J connectivity index is 1.77. The van der Waals surface area contributed by atoms with Crippen LogP contribution in [0.4, 0.5) is 11.5 Å². The molecule has 0 aliphatic carbocycles. The Morgan fingerprint density at radius 1 is 0.968 bits per heavy atom. The molecule has 0 saturated heterocycles. The molecule has 0 spiro atoms. The van der Waals surface area contributed by atoms with Crippen molar-refractivity contribution in [1.82, 2.24) is 9.97 Å². The van der Waals surface area contributed by atoms with Crippen molar-refractivity contribution in [3.63, 3.8) is 0 Å². The summed E-state index contributed by atoms with van der Waals surface area (Å²) in [6.07, 6.45) is 0. The summed E-state index contributed by atoms with van der Waals surface area (Å²) in [5, 5.41) is 0.430. The van der Waals surface area contributed by atoms with Crippen molar-refractivity contribution in [3.05, 3.63) is 71.2 Å². The third-order valence-corrected chi connectivity index (χ3v) is 7.12. The lowest BCUT2D eigenvalue weighted by Crippen LogP contribution is -2.15. The van der Waals surface area contributed by atoms with Gasteiger partial charge in [0.1, 0.15) is 10.8 Å². The van der Waals surface area contributed by atoms with Crippen LogP contribution in [0.5, 0.6) is 5.75 Å². The van der Waals surface area contributed by atoms with E-state index in [1.807, 2.05) is 36.4 Å². The fourth-order valence-corrected chi connectivity index (χ4v) is 4.99. The van der Waals surface area contributed by atoms with Gasteiger partial charge < -0.3 is 10.5 Å². The molecule has 4 aromatic rings. The lowest BCUT2D eigenvalue weighted by molar-refractivity contribution is 0.414. The molecule has 0 saturated carbocycles. The fraction of sp³-hybridized carbons (Fsp3) is 0.0476. The first-order valence-corrected chi connectivity index (χ1v) is 12.1. The molecular weight excluding hydrogens is 500 g/mol. The highest BCUT2D eigenvalue weighted by Crippen LogP contribution is 2.34. The predicted molar refractivity (Wildman–Crippen MR) is 126 cm³/mol. The van der Waals surface area contributed by atoms with Crippen molar-refractivity contribution in [2.45, 2.75) is 14.8 Å². The summed E-state index contributed by atoms with van der Waals surface area (Å²) in [7, 11) is -2.29. The number of hydrogen-bond acceptors (Lipinski definition) is 7. The van der Waals surface area contributed by atoms with Crippen molar-refractivity contribution in [3.8, 4) is 5.75 Å². The fourth-order valence-electron chi connectivity index (χ4n) is 2.74. The molecule has 0 amide bonds. The van der Waals surface area contributed by atoms with Gasteiger partial charge in [-0.3, -0.25) is 4.72 Å². The molecule has 0 atom stereocenters. The number of sulfonamides is 1. The Morgan fingerprint density at radius 2 is 1.68 bits per heavy atom. The predicted octanol–water partition coefficient (Wildman–Crippen LogP) is 4.94. The number of anilines is 2. The highest BCUT2D eigenvalue weighted by Gasteiger charge is 2.19. The van der Waals surface area contributed by atoms with Gasteiger partial charge in [0.2, 0.25) is 0 Å². The van der Waals surface area contributed by atoms with E-state index in [9.17, 15) is 8.42 Å². The number of hydrogen-bond donors (Lipinski definition) is 2. The molecule has 0 aliphatic heterocycles. The van der Waals surface area contributed by atoms with Crippen LogP contribution in [-0.4, -0.2) is 25.5 Å². The van der Waals surface area contributed by atoms with Crippen molar-refractivity contribution in [2.75, 3.05) is 17.6 Å². The van der Waals surface area contributed by atoms with Crippen LogP contribution in [0.25, 0.3) is 11.0 Å². The quantitative estimate of drug-likeness (QED) is 0.349. The van der Waals surface area contributed by atoms with E-state index >= 15 is 0 Å². The summed E-state index contributed by atoms with van der Waals surface area (Å²) in [6.45, 7) is 0. The maximum atomic E-state index is 12.9. The molecule has 0 aliphatic rings. The Kier molecular flexibility index (Phi) is 6.03. The number of ether oxygens (including phenoxy) is 1. The molecule has 0 bridgehead atoms. The maximum absolute atomic E-state index is 12.9. The second-order valence-corrected chi connectivity index (χ2v) is 10.1. The highest BCUT2D eigenvalue weighted by atomic mass is 79.9. The number of benzene rings is 3. The Labute approximate surface area is 192 Å². The van der Waals surface area contributed by atoms with Crippen LogP contribution in [0, 0.1) is 0 Å². The lowest BCUT2D eigenvalue weighted by atomic mass is 10.3. The van der Waals surface area contributed by atoms with E-state index in [4.69, 9.17) is 10.5 Å². The molecule has 1 aromatic heterocycles. The molecular formula is C21H17BrN4O3S2. The molecule has 3 aromatic carbocycles. The van der Waals surface area contributed by atoms with Crippen LogP contribution in [0.2, 0.25) is 0 Å². The SMILES string of the molecule is COc1ccc(Sc2nc3ccc(Br)cc3nc2NS(=O)(=O)c2ccc(N)cc2)cc1. The van der Waals surface area contributed by atoms with Gasteiger partial charge >= 0.3 is 0 Å². The van der Waals surface area contributed by atoms with Crippen LogP contribution < -0.4 is 15.2 Å². The first kappa shape index (κ1) is 21.4. The van der Waals surface area contributed by atoms with Gasteiger partial charge in [-0.2, -0.15) is 0 Å². The molecule has 10 heteroatoms. The van der Waals surface area contributed by atoms with Crippen LogP contribution >= 0.6 is 27.7 Å². The smallest absolute Gasteiger partial charge is 0.263 e. The van der Waals surface area contributed by atoms with Crippen LogP contribution in [0.3, 0.4) is 0 Å². The highest BCUT2D eigenvalue weighted by molar-refractivity contribution is 9.10. The number of fused-ring (bicyclic) bond motifs is 1. The number of methoxy groups -OCH3 is 1. The van der Waals surface area contributed by atoms with E-state index in [0.29, 0.717) is 21.7 Å². The average molecular weight is 517 g/mol. The van der Waals surface area contributed by atoms with E-state index < -0.39 is 10.0 Å². The van der Waals surface area contributed by atoms with Gasteiger partial charge in [0.05, 0.1) is 23.0 Å². The summed E-state index contributed by atoms with van der Waals surface area (Å²) < 4.78 is 34.5. The number of nitrogen functional groups attached to an aromatic ring is 1. The topological polar surface area (TPSA) is 107 Å². The normalized spacial score (nSPS) is 11.4. The number of halogens is 1. The zero-order valence-corrected chi connectivity index (χ0v) is 19.5. The van der Waals surface area contributed by atoms with E-state index in [-0.39, 0.29) is 10.7 Å². The molecule has 0 unspecified atom stereocenters. The van der Waals surface area contributed by atoms with Gasteiger partial charge in [0, 0.05) is 15.1 Å². The largest absolute Gasteiger partial charge is 0.497 e. The number of nitrogens with two attached hydrogens (primary N) is 1. The van der Waals surface area contributed by atoms with Crippen molar-refractivity contribution < 1.29 is 13.2 Å². The van der Waals surface area contributed by atoms with Crippen LogP contribution in [0.1, 0.15) is 0 Å². The minimum atomic E-state index is -3.89. The van der Waals surface area contributed by atoms with E-state index in [0.717, 1.165) is 15.1 Å². The number of aromatic nitrogens is 2. The van der Waals surface area contributed by atoms with E-state index in [1.54, 1.807) is 13.2 Å². The maximum Gasteiger partial charge on any atom is 0.263 e. The molecule has 4 rings (SSSR count). The molecule has 3 N–H and O–H groups in total. The minimum Gasteiger partial charge on any atom is -0.497 e. The number of rotatable bonds is 6. The van der Waals surface area contributed by atoms with Crippen LogP contribution in [0.15, 0.2) is 86.0 Å². The second-order valence-electron chi connectivity index (χ2n) is 6.46. The van der Waals surface area contributed by atoms with Gasteiger partial charge in [-0.25, -0.2) is 18.4 Å². The zero-order chi connectivity index (χ0) is 22.0. The van der Waals surface area contributed by atoms with Crippen molar-refractivity contribution in [2.24, 2.45) is 0 Å². The van der Waals surface area contributed by atoms with Gasteiger partial charge in [-0.05, 0) is 66.7 Å². The van der Waals surface area contributed by atoms with E-state index in [2.05, 4.69) is 30.6 Å². The molecule has 0 fully saturated rings. The monoisotopic (exact) mass is 516 g/mol. The summed E-state index contributed by atoms with van der Waals surface area (Å²) >= 11 is 4.72. The first-order valence-electron chi connectivity index (χ1n) is 9.02. The lowest BCUT2D eigenvalue weighted by Gasteiger charge is -2.13. The average Bonchev–Trinajstić information content (AvgIpc) is 2.75. The van der Waals surface area contributed by atoms with Gasteiger partial charge in [-0.15, -0.1) is 0 Å². The molecule has 0 radical (unpaired) electrons. The van der Waals surface area contributed by atoms with Crippen molar-refractivity contribution >= 4 is 60.3 Å². The molecule has 158 valence electrons. The standard InChI is InChI=1S/C21H17BrN4O3S2/c1-29-15-5-7-16(8-6-15)30-21-20(24-19-12-13(22)2-11-18(19)25-21)26-31(27,28)17-9-3-14(23)4-10-17/h2-12H,23H2,1H3,(H,24,26). The summed E-state index contributed by atoms with van der Waals surface area (Å²) in [6, 6.07) is 18.8. The second kappa shape index (κ2) is 8.74. The summed E-state index contributed by atoms with van der Waals surface area (Å²) in [4.78, 5) is 10.1. The third-order valence-electron chi connectivity index (χ3n) is 4.29. The minimum absolute atomic E-state index is 0.0817. The third kappa shape index (κ3) is 4.92. The van der Waals surface area contributed by atoms with Crippen molar-refractivity contribution in [1.29, 1.82) is 0 Å². The molecule has 31 heavy (non-hydrogen) atoms. The Hall–Kier alpha value is -2.82. The van der Waals surface area contributed by atoms with Gasteiger partial charge in [0.25, 0.3) is 10.0 Å². The summed E-state index contributed by atoms with van der Waals surface area (Å²) in [5.41, 5.74) is 7.36. The zero-order valence-electron chi connectivity index (χ0n) is 16.2. The molecule has 7 nitrogen and oxygen atoms in total. The van der Waals surface area contributed by atoms with Crippen LogP contribution in [-0.2, 0) is 10.0 Å². The van der Waals surface area contributed by atoms with E-state index in [1.165, 1.54) is 36.0 Å². The van der Waals surface area contributed by atoms with Gasteiger partial charge in [0.15, 0.2) is 5.82 Å². The number of nitrogens with zero attached hydrogens (tertiary/aromatic N) is 2. The Bertz CT molecular complexity index is 1350.